The molecule has 10 nitrogen and oxygen atoms in total. The van der Waals surface area contributed by atoms with Crippen LogP contribution < -0.4 is 20.7 Å². The van der Waals surface area contributed by atoms with E-state index in [1.165, 1.54) is 6.42 Å². The maximum Gasteiger partial charge on any atom is 0.323 e. The second-order valence-electron chi connectivity index (χ2n) is 12.1. The molecule has 5 amide bonds. The minimum absolute atomic E-state index is 0.129. The Kier molecular flexibility index (Phi) is 9.89. The quantitative estimate of drug-likeness (QED) is 0.278. The highest BCUT2D eigenvalue weighted by Gasteiger charge is 2.34. The average molecular weight is 602 g/mol. The zero-order valence-electron chi connectivity index (χ0n) is 25.7. The van der Waals surface area contributed by atoms with Gasteiger partial charge in [0.2, 0.25) is 0 Å². The van der Waals surface area contributed by atoms with Crippen molar-refractivity contribution in [2.24, 2.45) is 5.92 Å². The summed E-state index contributed by atoms with van der Waals surface area (Å²) in [5.41, 5.74) is 1.37. The lowest BCUT2D eigenvalue weighted by Crippen LogP contribution is -2.52. The van der Waals surface area contributed by atoms with Crippen LogP contribution in [0.4, 0.5) is 21.0 Å². The first-order valence-corrected chi connectivity index (χ1v) is 15.5. The van der Waals surface area contributed by atoms with Gasteiger partial charge in [-0.1, -0.05) is 62.6 Å². The lowest BCUT2D eigenvalue weighted by molar-refractivity contribution is 0.0366. The summed E-state index contributed by atoms with van der Waals surface area (Å²) < 4.78 is 6.44. The Bertz CT molecular complexity index is 1480. The van der Waals surface area contributed by atoms with E-state index in [4.69, 9.17) is 4.74 Å². The van der Waals surface area contributed by atoms with Crippen molar-refractivity contribution in [3.63, 3.8) is 0 Å². The van der Waals surface area contributed by atoms with E-state index in [1.54, 1.807) is 42.0 Å². The number of rotatable bonds is 7. The number of nitrogens with zero attached hydrogens (tertiary/aromatic N) is 2. The molecule has 0 saturated heterocycles. The maximum absolute atomic E-state index is 13.8. The Morgan fingerprint density at radius 2 is 1.80 bits per heavy atom. The number of aliphatic hydroxyl groups excluding tert-OH is 1. The highest BCUT2D eigenvalue weighted by molar-refractivity contribution is 6.07. The molecule has 0 aromatic heterocycles. The molecule has 234 valence electrons. The number of nitrogens with one attached hydrogen (secondary N) is 3. The minimum atomic E-state index is -0.446. The van der Waals surface area contributed by atoms with E-state index in [0.717, 1.165) is 36.5 Å². The van der Waals surface area contributed by atoms with Crippen LogP contribution in [0.2, 0.25) is 0 Å². The predicted molar refractivity (Wildman–Crippen MR) is 172 cm³/mol. The van der Waals surface area contributed by atoms with Crippen molar-refractivity contribution < 1.29 is 24.2 Å². The number of anilines is 2. The number of fused-ring (bicyclic) bond motifs is 2. The summed E-state index contributed by atoms with van der Waals surface area (Å²) in [6.07, 6.45) is 5.05. The number of carbonyl (C=O) groups is 3. The van der Waals surface area contributed by atoms with Crippen LogP contribution in [0.1, 0.15) is 56.3 Å². The third-order valence-electron chi connectivity index (χ3n) is 8.69. The summed E-state index contributed by atoms with van der Waals surface area (Å²) in [4.78, 5) is 43.1. The molecule has 1 aliphatic carbocycles. The molecule has 0 bridgehead atoms. The van der Waals surface area contributed by atoms with Gasteiger partial charge < -0.3 is 35.6 Å². The van der Waals surface area contributed by atoms with Gasteiger partial charge in [0.1, 0.15) is 11.9 Å². The minimum Gasteiger partial charge on any atom is -0.487 e. The van der Waals surface area contributed by atoms with Crippen molar-refractivity contribution in [3.05, 3.63) is 66.2 Å². The van der Waals surface area contributed by atoms with E-state index in [9.17, 15) is 19.5 Å². The maximum atomic E-state index is 13.8. The number of hydrogen-bond donors (Lipinski definition) is 4. The Labute approximate surface area is 258 Å². The monoisotopic (exact) mass is 601 g/mol. The van der Waals surface area contributed by atoms with Crippen LogP contribution >= 0.6 is 0 Å². The number of carbonyl (C=O) groups excluding carboxylic acids is 3. The molecule has 0 unspecified atom stereocenters. The highest BCUT2D eigenvalue weighted by atomic mass is 16.5. The lowest BCUT2D eigenvalue weighted by Gasteiger charge is -2.38. The largest absolute Gasteiger partial charge is 0.487 e. The van der Waals surface area contributed by atoms with Gasteiger partial charge in [0, 0.05) is 36.6 Å². The van der Waals surface area contributed by atoms with E-state index >= 15 is 0 Å². The number of ether oxygens (including phenoxy) is 1. The fraction of sp³-hybridized carbons (Fsp3) is 0.441. The Balaban J connectivity index is 1.34. The summed E-state index contributed by atoms with van der Waals surface area (Å²) in [5.74, 6) is -0.0635. The van der Waals surface area contributed by atoms with Gasteiger partial charge in [-0.2, -0.15) is 0 Å². The molecule has 3 aromatic carbocycles. The smallest absolute Gasteiger partial charge is 0.323 e. The van der Waals surface area contributed by atoms with Crippen molar-refractivity contribution in [1.82, 2.24) is 15.1 Å². The van der Waals surface area contributed by atoms with E-state index in [0.29, 0.717) is 30.2 Å². The van der Waals surface area contributed by atoms with Crippen molar-refractivity contribution in [1.29, 1.82) is 0 Å². The van der Waals surface area contributed by atoms with Crippen LogP contribution in [-0.4, -0.2) is 77.8 Å². The van der Waals surface area contributed by atoms with E-state index < -0.39 is 18.2 Å². The van der Waals surface area contributed by atoms with Crippen molar-refractivity contribution in [2.45, 2.75) is 64.1 Å². The predicted octanol–water partition coefficient (Wildman–Crippen LogP) is 5.68. The second-order valence-corrected chi connectivity index (χ2v) is 12.1. The van der Waals surface area contributed by atoms with Gasteiger partial charge in [-0.15, -0.1) is 0 Å². The fourth-order valence-corrected chi connectivity index (χ4v) is 6.02. The topological polar surface area (TPSA) is 123 Å². The third kappa shape index (κ3) is 7.24. The lowest BCUT2D eigenvalue weighted by atomic mass is 9.96. The van der Waals surface area contributed by atoms with Gasteiger partial charge in [0.15, 0.2) is 0 Å². The van der Waals surface area contributed by atoms with Gasteiger partial charge in [-0.25, -0.2) is 9.59 Å². The van der Waals surface area contributed by atoms with Gasteiger partial charge in [0.25, 0.3) is 5.91 Å². The molecule has 1 heterocycles. The van der Waals surface area contributed by atoms with Gasteiger partial charge >= 0.3 is 12.1 Å². The molecule has 3 atom stereocenters. The molecule has 44 heavy (non-hydrogen) atoms. The van der Waals surface area contributed by atoms with Gasteiger partial charge in [-0.05, 0) is 49.4 Å². The summed E-state index contributed by atoms with van der Waals surface area (Å²) in [7, 11) is 1.76. The third-order valence-corrected chi connectivity index (χ3v) is 8.69. The molecule has 5 rings (SSSR count). The molecular formula is C34H43N5O5. The molecule has 2 aliphatic rings. The first-order valence-electron chi connectivity index (χ1n) is 15.5. The van der Waals surface area contributed by atoms with Crippen LogP contribution in [0.15, 0.2) is 60.7 Å². The van der Waals surface area contributed by atoms with Crippen LogP contribution in [0, 0.1) is 5.92 Å². The first-order chi connectivity index (χ1) is 21.2. The fourth-order valence-electron chi connectivity index (χ4n) is 6.02. The summed E-state index contributed by atoms with van der Waals surface area (Å²) in [6.45, 7) is 4.24. The zero-order chi connectivity index (χ0) is 31.2. The molecule has 0 radical (unpaired) electrons. The second kappa shape index (κ2) is 14.0. The van der Waals surface area contributed by atoms with Gasteiger partial charge in [0.05, 0.1) is 30.4 Å². The van der Waals surface area contributed by atoms with Crippen LogP contribution in [-0.2, 0) is 0 Å². The van der Waals surface area contributed by atoms with Crippen molar-refractivity contribution in [3.8, 4) is 5.75 Å². The van der Waals surface area contributed by atoms with Crippen LogP contribution in [0.25, 0.3) is 10.8 Å². The molecule has 1 fully saturated rings. The molecule has 3 aromatic rings. The number of amides is 5. The van der Waals surface area contributed by atoms with E-state index in [2.05, 4.69) is 16.0 Å². The molecule has 1 aliphatic heterocycles. The number of hydrogen-bond acceptors (Lipinski definition) is 5. The summed E-state index contributed by atoms with van der Waals surface area (Å²) >= 11 is 0. The molecule has 10 heteroatoms. The standard InChI is InChI=1S/C34H43N5O5/c1-22-19-39(23(2)21-40)32(41)28-18-26(35-33(42)37-29-15-9-11-24-10-7-8-14-27(24)29)16-17-30(28)44-31(22)20-38(3)34(43)36-25-12-5-4-6-13-25/h7-11,14-18,22-23,25,31,40H,4-6,12-13,19-21H2,1-3H3,(H,36,43)(H2,35,37,42)/t22-,23+,31+/m0/s1. The van der Waals surface area contributed by atoms with Crippen molar-refractivity contribution >= 4 is 40.1 Å². The number of likely N-dealkylation sites (N-methyl/N-ethyl adjacent to an activating group) is 1. The normalized spacial score (nSPS) is 19.6. The molecular weight excluding hydrogens is 558 g/mol. The number of urea groups is 2. The Morgan fingerprint density at radius 1 is 1.05 bits per heavy atom. The van der Waals surface area contributed by atoms with E-state index in [1.807, 2.05) is 49.4 Å². The average Bonchev–Trinajstić information content (AvgIpc) is 3.03. The van der Waals surface area contributed by atoms with Gasteiger partial charge in [-0.3, -0.25) is 4.79 Å². The molecule has 1 saturated carbocycles. The summed E-state index contributed by atoms with van der Waals surface area (Å²) in [5, 5.41) is 20.8. The summed E-state index contributed by atoms with van der Waals surface area (Å²) in [6, 6.07) is 17.6. The molecule has 4 N–H and O–H groups in total. The first kappa shape index (κ1) is 31.1. The van der Waals surface area contributed by atoms with Crippen LogP contribution in [0.3, 0.4) is 0 Å². The number of aliphatic hydroxyl groups is 1. The SMILES string of the molecule is C[C@H](CO)N1C[C@H](C)[C@@H](CN(C)C(=O)NC2CCCCC2)Oc2ccc(NC(=O)Nc3cccc4ccccc34)cc2C1=O. The van der Waals surface area contributed by atoms with Crippen LogP contribution in [0.5, 0.6) is 5.75 Å². The number of benzene rings is 3. The Hall–Kier alpha value is -4.31. The Morgan fingerprint density at radius 3 is 2.57 bits per heavy atom. The van der Waals surface area contributed by atoms with E-state index in [-0.39, 0.29) is 36.1 Å². The van der Waals surface area contributed by atoms with Crippen molar-refractivity contribution in [2.75, 3.05) is 37.4 Å². The zero-order valence-corrected chi connectivity index (χ0v) is 25.7. The molecule has 0 spiro atoms. The highest BCUT2D eigenvalue weighted by Crippen LogP contribution is 2.31.